The van der Waals surface area contributed by atoms with Crippen LogP contribution in [0.2, 0.25) is 0 Å². The average molecular weight is 291 g/mol. The summed E-state index contributed by atoms with van der Waals surface area (Å²) in [7, 11) is 1.53. The fraction of sp³-hybridized carbons (Fsp3) is 0.385. The molecule has 21 heavy (non-hydrogen) atoms. The molecule has 0 aliphatic rings. The number of aromatic nitrogens is 4. The standard InChI is InChI=1S/C13H17N5O3/c1-4-10-6-5-7-12(11(10)8-21-14-9(2)19)18-13(20)17(3)15-16-18/h5-7H,4,8H2,1-3H3,(H,14,19). The van der Waals surface area contributed by atoms with Crippen molar-refractivity contribution in [2.24, 2.45) is 7.05 Å². The van der Waals surface area contributed by atoms with Crippen molar-refractivity contribution in [2.75, 3.05) is 0 Å². The molecule has 112 valence electrons. The fourth-order valence-electron chi connectivity index (χ4n) is 1.99. The summed E-state index contributed by atoms with van der Waals surface area (Å²) < 4.78 is 2.36. The minimum atomic E-state index is -0.343. The zero-order valence-electron chi connectivity index (χ0n) is 12.2. The summed E-state index contributed by atoms with van der Waals surface area (Å²) in [6, 6.07) is 5.55. The number of hydrogen-bond acceptors (Lipinski definition) is 5. The highest BCUT2D eigenvalue weighted by Gasteiger charge is 2.14. The molecular weight excluding hydrogens is 274 g/mol. The third-order valence-electron chi connectivity index (χ3n) is 3.01. The van der Waals surface area contributed by atoms with Gasteiger partial charge in [0.25, 0.3) is 0 Å². The monoisotopic (exact) mass is 291 g/mol. The Bertz CT molecular complexity index is 704. The van der Waals surface area contributed by atoms with E-state index in [-0.39, 0.29) is 18.2 Å². The molecule has 0 bridgehead atoms. The molecule has 2 rings (SSSR count). The molecule has 1 amide bonds. The second-order valence-electron chi connectivity index (χ2n) is 4.51. The van der Waals surface area contributed by atoms with Crippen LogP contribution in [0.4, 0.5) is 0 Å². The van der Waals surface area contributed by atoms with Crippen LogP contribution in [0, 0.1) is 0 Å². The molecule has 1 aromatic carbocycles. The highest BCUT2D eigenvalue weighted by molar-refractivity contribution is 5.71. The molecule has 0 saturated heterocycles. The first-order valence-corrected chi connectivity index (χ1v) is 6.53. The van der Waals surface area contributed by atoms with Gasteiger partial charge in [0.05, 0.1) is 5.69 Å². The average Bonchev–Trinajstić information content (AvgIpc) is 2.79. The predicted octanol–water partition coefficient (Wildman–Crippen LogP) is 0.0961. The van der Waals surface area contributed by atoms with Crippen molar-refractivity contribution in [3.63, 3.8) is 0 Å². The summed E-state index contributed by atoms with van der Waals surface area (Å²) in [5.41, 5.74) is 4.33. The van der Waals surface area contributed by atoms with Crippen molar-refractivity contribution in [3.8, 4) is 5.69 Å². The molecule has 0 unspecified atom stereocenters. The van der Waals surface area contributed by atoms with E-state index in [0.717, 1.165) is 22.2 Å². The van der Waals surface area contributed by atoms with E-state index in [4.69, 9.17) is 4.84 Å². The van der Waals surface area contributed by atoms with Crippen LogP contribution in [0.5, 0.6) is 0 Å². The Hall–Kier alpha value is -2.48. The molecule has 2 aromatic rings. The van der Waals surface area contributed by atoms with Crippen LogP contribution < -0.4 is 11.2 Å². The Morgan fingerprint density at radius 2 is 2.14 bits per heavy atom. The summed E-state index contributed by atoms with van der Waals surface area (Å²) in [6.45, 7) is 3.50. The second-order valence-corrected chi connectivity index (χ2v) is 4.51. The number of nitrogens with zero attached hydrogens (tertiary/aromatic N) is 4. The summed E-state index contributed by atoms with van der Waals surface area (Å²) in [4.78, 5) is 28.0. The van der Waals surface area contributed by atoms with Crippen LogP contribution in [0.3, 0.4) is 0 Å². The first-order valence-electron chi connectivity index (χ1n) is 6.53. The molecule has 0 fully saturated rings. The van der Waals surface area contributed by atoms with Gasteiger partial charge in [-0.25, -0.2) is 10.3 Å². The van der Waals surface area contributed by atoms with Crippen molar-refractivity contribution in [1.82, 2.24) is 25.3 Å². The Labute approximate surface area is 121 Å². The summed E-state index contributed by atoms with van der Waals surface area (Å²) in [5.74, 6) is -0.290. The lowest BCUT2D eigenvalue weighted by Crippen LogP contribution is -2.24. The quantitative estimate of drug-likeness (QED) is 0.789. The number of benzene rings is 1. The van der Waals surface area contributed by atoms with Crippen molar-refractivity contribution < 1.29 is 9.63 Å². The Balaban J connectivity index is 2.43. The summed E-state index contributed by atoms with van der Waals surface area (Å²) >= 11 is 0. The van der Waals surface area contributed by atoms with Gasteiger partial charge in [0, 0.05) is 19.5 Å². The van der Waals surface area contributed by atoms with Gasteiger partial charge in [0.15, 0.2) is 0 Å². The van der Waals surface area contributed by atoms with Crippen LogP contribution in [0.15, 0.2) is 23.0 Å². The molecule has 0 atom stereocenters. The van der Waals surface area contributed by atoms with Crippen LogP contribution >= 0.6 is 0 Å². The normalized spacial score (nSPS) is 10.6. The molecule has 0 spiro atoms. The molecule has 1 aromatic heterocycles. The number of aryl methyl sites for hydroxylation is 2. The third-order valence-corrected chi connectivity index (χ3v) is 3.01. The van der Waals surface area contributed by atoms with Crippen LogP contribution in [0.1, 0.15) is 25.0 Å². The molecular formula is C13H17N5O3. The lowest BCUT2D eigenvalue weighted by atomic mass is 10.0. The van der Waals surface area contributed by atoms with Gasteiger partial charge in [-0.3, -0.25) is 9.63 Å². The van der Waals surface area contributed by atoms with Gasteiger partial charge in [-0.2, -0.15) is 9.36 Å². The Morgan fingerprint density at radius 3 is 2.71 bits per heavy atom. The van der Waals surface area contributed by atoms with Gasteiger partial charge in [-0.05, 0) is 28.5 Å². The Kier molecular flexibility index (Phi) is 4.49. The lowest BCUT2D eigenvalue weighted by Gasteiger charge is -2.13. The van der Waals surface area contributed by atoms with Gasteiger partial charge in [0.1, 0.15) is 6.61 Å². The van der Waals surface area contributed by atoms with Crippen molar-refractivity contribution in [2.45, 2.75) is 26.9 Å². The van der Waals surface area contributed by atoms with Crippen molar-refractivity contribution in [1.29, 1.82) is 0 Å². The highest BCUT2D eigenvalue weighted by atomic mass is 16.6. The minimum Gasteiger partial charge on any atom is -0.273 e. The Morgan fingerprint density at radius 1 is 1.38 bits per heavy atom. The molecule has 8 nitrogen and oxygen atoms in total. The molecule has 0 radical (unpaired) electrons. The number of tetrazole rings is 1. The van der Waals surface area contributed by atoms with E-state index in [9.17, 15) is 9.59 Å². The predicted molar refractivity (Wildman–Crippen MR) is 74.6 cm³/mol. The zero-order chi connectivity index (χ0) is 15.4. The van der Waals surface area contributed by atoms with E-state index >= 15 is 0 Å². The maximum Gasteiger partial charge on any atom is 0.368 e. The number of nitrogens with one attached hydrogen (secondary N) is 1. The lowest BCUT2D eigenvalue weighted by molar-refractivity contribution is -0.132. The van der Waals surface area contributed by atoms with Gasteiger partial charge in [-0.15, -0.1) is 0 Å². The summed E-state index contributed by atoms with van der Waals surface area (Å²) in [6.07, 6.45) is 0.765. The fourth-order valence-corrected chi connectivity index (χ4v) is 1.99. The number of amides is 1. The molecule has 0 saturated carbocycles. The minimum absolute atomic E-state index is 0.141. The highest BCUT2D eigenvalue weighted by Crippen LogP contribution is 2.18. The van der Waals surface area contributed by atoms with Crippen molar-refractivity contribution >= 4 is 5.91 Å². The van der Waals surface area contributed by atoms with E-state index in [1.165, 1.54) is 18.7 Å². The van der Waals surface area contributed by atoms with Gasteiger partial charge < -0.3 is 0 Å². The SMILES string of the molecule is CCc1cccc(-n2nnn(C)c2=O)c1CONC(C)=O. The first-order chi connectivity index (χ1) is 10.0. The van der Waals surface area contributed by atoms with Gasteiger partial charge in [0.2, 0.25) is 5.91 Å². The van der Waals surface area contributed by atoms with E-state index in [2.05, 4.69) is 15.9 Å². The van der Waals surface area contributed by atoms with Crippen LogP contribution in [-0.2, 0) is 29.7 Å². The second kappa shape index (κ2) is 6.31. The third kappa shape index (κ3) is 3.16. The van der Waals surface area contributed by atoms with E-state index in [0.29, 0.717) is 5.69 Å². The largest absolute Gasteiger partial charge is 0.368 e. The van der Waals surface area contributed by atoms with Crippen molar-refractivity contribution in [3.05, 3.63) is 39.8 Å². The molecule has 0 aliphatic heterocycles. The number of hydroxylamine groups is 1. The van der Waals surface area contributed by atoms with E-state index in [1.54, 1.807) is 6.07 Å². The first kappa shape index (κ1) is 14.9. The number of carbonyl (C=O) groups is 1. The van der Waals surface area contributed by atoms with Crippen LogP contribution in [0.25, 0.3) is 5.69 Å². The molecule has 0 aliphatic carbocycles. The topological polar surface area (TPSA) is 91.0 Å². The van der Waals surface area contributed by atoms with Crippen LogP contribution in [-0.4, -0.2) is 25.7 Å². The van der Waals surface area contributed by atoms with Gasteiger partial charge in [-0.1, -0.05) is 19.1 Å². The maximum atomic E-state index is 12.0. The molecule has 8 heteroatoms. The maximum absolute atomic E-state index is 12.0. The van der Waals surface area contributed by atoms with Gasteiger partial charge >= 0.3 is 5.69 Å². The molecule has 1 heterocycles. The molecule has 1 N–H and O–H groups in total. The number of carbonyl (C=O) groups excluding carboxylic acids is 1. The smallest absolute Gasteiger partial charge is 0.273 e. The van der Waals surface area contributed by atoms with E-state index < -0.39 is 0 Å². The summed E-state index contributed by atoms with van der Waals surface area (Å²) in [5, 5.41) is 7.54. The van der Waals surface area contributed by atoms with E-state index in [1.807, 2.05) is 19.1 Å². The number of hydrogen-bond donors (Lipinski definition) is 1. The number of rotatable bonds is 5. The zero-order valence-corrected chi connectivity index (χ0v) is 12.2.